The Morgan fingerprint density at radius 1 is 1.19 bits per heavy atom. The van der Waals surface area contributed by atoms with Crippen molar-refractivity contribution in [2.75, 3.05) is 19.6 Å². The Morgan fingerprint density at radius 2 is 1.90 bits per heavy atom. The van der Waals surface area contributed by atoms with E-state index in [4.69, 9.17) is 0 Å². The molecule has 0 aromatic heterocycles. The summed E-state index contributed by atoms with van der Waals surface area (Å²) in [5.41, 5.74) is 1.47. The number of rotatable bonds is 4. The van der Waals surface area contributed by atoms with Gasteiger partial charge in [-0.2, -0.15) is 0 Å². The van der Waals surface area contributed by atoms with Gasteiger partial charge < -0.3 is 5.32 Å². The fourth-order valence-electron chi connectivity index (χ4n) is 4.14. The van der Waals surface area contributed by atoms with E-state index in [-0.39, 0.29) is 0 Å². The van der Waals surface area contributed by atoms with E-state index in [1.165, 1.54) is 61.8 Å². The molecule has 2 atom stereocenters. The van der Waals surface area contributed by atoms with Gasteiger partial charge in [-0.1, -0.05) is 35.0 Å². The van der Waals surface area contributed by atoms with E-state index < -0.39 is 0 Å². The molecule has 2 unspecified atom stereocenters. The van der Waals surface area contributed by atoms with Crippen molar-refractivity contribution in [2.45, 2.75) is 51.1 Å². The van der Waals surface area contributed by atoms with E-state index in [0.29, 0.717) is 6.04 Å². The zero-order valence-corrected chi connectivity index (χ0v) is 14.6. The highest BCUT2D eigenvalue weighted by Gasteiger charge is 2.30. The standard InChI is InChI=1S/C18H27BrN2/c1-2-18(15-5-7-16(19)8-6-15)21-12-9-14(10-13-21)17-4-3-11-20-17/h5-8,14,17-18,20H,2-4,9-13H2,1H3. The molecule has 2 aliphatic heterocycles. The Balaban J connectivity index is 1.60. The third-order valence-electron chi connectivity index (χ3n) is 5.32. The van der Waals surface area contributed by atoms with Crippen molar-refractivity contribution in [3.63, 3.8) is 0 Å². The summed E-state index contributed by atoms with van der Waals surface area (Å²) < 4.78 is 1.17. The van der Waals surface area contributed by atoms with Gasteiger partial charge in [-0.05, 0) is 75.4 Å². The van der Waals surface area contributed by atoms with Gasteiger partial charge in [0.15, 0.2) is 0 Å². The minimum absolute atomic E-state index is 0.593. The summed E-state index contributed by atoms with van der Waals surface area (Å²) in [6.07, 6.45) is 6.71. The molecule has 2 nitrogen and oxygen atoms in total. The van der Waals surface area contributed by atoms with E-state index in [2.05, 4.69) is 57.3 Å². The molecule has 1 aromatic rings. The highest BCUT2D eigenvalue weighted by Crippen LogP contribution is 2.32. The van der Waals surface area contributed by atoms with Crippen LogP contribution in [0.3, 0.4) is 0 Å². The first kappa shape index (κ1) is 15.5. The van der Waals surface area contributed by atoms with Gasteiger partial charge in [0.05, 0.1) is 0 Å². The largest absolute Gasteiger partial charge is 0.314 e. The third-order valence-corrected chi connectivity index (χ3v) is 5.85. The van der Waals surface area contributed by atoms with Crippen LogP contribution in [0.1, 0.15) is 50.6 Å². The number of piperidine rings is 1. The van der Waals surface area contributed by atoms with Crippen LogP contribution in [0.2, 0.25) is 0 Å². The van der Waals surface area contributed by atoms with Crippen molar-refractivity contribution in [3.8, 4) is 0 Å². The predicted molar refractivity (Wildman–Crippen MR) is 92.5 cm³/mol. The molecule has 2 aliphatic rings. The fourth-order valence-corrected chi connectivity index (χ4v) is 4.40. The molecule has 0 spiro atoms. The van der Waals surface area contributed by atoms with E-state index in [1.54, 1.807) is 0 Å². The molecular formula is C18H27BrN2. The Hall–Kier alpha value is -0.380. The molecule has 1 aromatic carbocycles. The molecule has 2 saturated heterocycles. The van der Waals surface area contributed by atoms with Crippen molar-refractivity contribution < 1.29 is 0 Å². The van der Waals surface area contributed by atoms with Gasteiger partial charge in [0, 0.05) is 16.6 Å². The van der Waals surface area contributed by atoms with Crippen LogP contribution < -0.4 is 5.32 Å². The second-order valence-electron chi connectivity index (χ2n) is 6.55. The lowest BCUT2D eigenvalue weighted by Gasteiger charge is -2.39. The predicted octanol–water partition coefficient (Wildman–Crippen LogP) is 4.36. The highest BCUT2D eigenvalue weighted by molar-refractivity contribution is 9.10. The number of nitrogens with one attached hydrogen (secondary N) is 1. The molecule has 2 fully saturated rings. The summed E-state index contributed by atoms with van der Waals surface area (Å²) >= 11 is 3.54. The zero-order valence-electron chi connectivity index (χ0n) is 13.0. The topological polar surface area (TPSA) is 15.3 Å². The molecule has 1 N–H and O–H groups in total. The van der Waals surface area contributed by atoms with Crippen molar-refractivity contribution in [1.82, 2.24) is 10.2 Å². The number of benzene rings is 1. The first-order valence-corrected chi connectivity index (χ1v) is 9.30. The second-order valence-corrected chi connectivity index (χ2v) is 7.47. The molecule has 2 heterocycles. The second kappa shape index (κ2) is 7.26. The molecule has 0 aliphatic carbocycles. The lowest BCUT2D eigenvalue weighted by Crippen LogP contribution is -2.42. The van der Waals surface area contributed by atoms with Crippen LogP contribution in [0.5, 0.6) is 0 Å². The lowest BCUT2D eigenvalue weighted by atomic mass is 9.87. The first-order valence-electron chi connectivity index (χ1n) is 8.51. The van der Waals surface area contributed by atoms with Crippen LogP contribution in [0, 0.1) is 5.92 Å². The summed E-state index contributed by atoms with van der Waals surface area (Å²) in [6, 6.07) is 10.3. The molecule has 0 saturated carbocycles. The summed E-state index contributed by atoms with van der Waals surface area (Å²) in [5, 5.41) is 3.70. The Labute approximate surface area is 137 Å². The summed E-state index contributed by atoms with van der Waals surface area (Å²) in [5.74, 6) is 0.908. The monoisotopic (exact) mass is 350 g/mol. The minimum Gasteiger partial charge on any atom is -0.314 e. The SMILES string of the molecule is CCC(c1ccc(Br)cc1)N1CCC(C2CCCN2)CC1. The van der Waals surface area contributed by atoms with Crippen LogP contribution in [0.15, 0.2) is 28.7 Å². The maximum Gasteiger partial charge on any atom is 0.0345 e. The van der Waals surface area contributed by atoms with E-state index in [9.17, 15) is 0 Å². The molecule has 0 amide bonds. The number of hydrogen-bond acceptors (Lipinski definition) is 2. The summed E-state index contributed by atoms with van der Waals surface area (Å²) in [7, 11) is 0. The Bertz CT molecular complexity index is 431. The van der Waals surface area contributed by atoms with Gasteiger partial charge in [0.1, 0.15) is 0 Å². The van der Waals surface area contributed by atoms with E-state index >= 15 is 0 Å². The molecular weight excluding hydrogens is 324 g/mol. The first-order chi connectivity index (χ1) is 10.3. The van der Waals surface area contributed by atoms with Gasteiger partial charge in [0.2, 0.25) is 0 Å². The Kier molecular flexibility index (Phi) is 5.36. The third kappa shape index (κ3) is 3.69. The van der Waals surface area contributed by atoms with Crippen LogP contribution in [0.25, 0.3) is 0 Å². The smallest absolute Gasteiger partial charge is 0.0345 e. The Morgan fingerprint density at radius 3 is 2.48 bits per heavy atom. The molecule has 3 heteroatoms. The summed E-state index contributed by atoms with van der Waals surface area (Å²) in [4.78, 5) is 2.70. The van der Waals surface area contributed by atoms with Crippen molar-refractivity contribution in [1.29, 1.82) is 0 Å². The van der Waals surface area contributed by atoms with Crippen LogP contribution in [-0.2, 0) is 0 Å². The molecule has 0 bridgehead atoms. The van der Waals surface area contributed by atoms with Gasteiger partial charge in [-0.15, -0.1) is 0 Å². The average molecular weight is 351 g/mol. The lowest BCUT2D eigenvalue weighted by molar-refractivity contribution is 0.116. The van der Waals surface area contributed by atoms with Gasteiger partial charge in [-0.3, -0.25) is 4.90 Å². The van der Waals surface area contributed by atoms with Crippen LogP contribution >= 0.6 is 15.9 Å². The molecule has 3 rings (SSSR count). The number of nitrogens with zero attached hydrogens (tertiary/aromatic N) is 1. The minimum atomic E-state index is 0.593. The zero-order chi connectivity index (χ0) is 14.7. The van der Waals surface area contributed by atoms with Gasteiger partial charge in [-0.25, -0.2) is 0 Å². The highest BCUT2D eigenvalue weighted by atomic mass is 79.9. The number of hydrogen-bond donors (Lipinski definition) is 1. The average Bonchev–Trinajstić information content (AvgIpc) is 3.05. The van der Waals surface area contributed by atoms with Crippen molar-refractivity contribution in [2.24, 2.45) is 5.92 Å². The van der Waals surface area contributed by atoms with Crippen molar-refractivity contribution >= 4 is 15.9 Å². The van der Waals surface area contributed by atoms with Crippen LogP contribution in [0.4, 0.5) is 0 Å². The van der Waals surface area contributed by atoms with E-state index in [0.717, 1.165) is 12.0 Å². The van der Waals surface area contributed by atoms with Gasteiger partial charge >= 0.3 is 0 Å². The maximum atomic E-state index is 3.70. The van der Waals surface area contributed by atoms with E-state index in [1.807, 2.05) is 0 Å². The normalized spacial score (nSPS) is 26.1. The quantitative estimate of drug-likeness (QED) is 0.867. The maximum absolute atomic E-state index is 3.70. The molecule has 21 heavy (non-hydrogen) atoms. The van der Waals surface area contributed by atoms with Crippen LogP contribution in [-0.4, -0.2) is 30.6 Å². The fraction of sp³-hybridized carbons (Fsp3) is 0.667. The number of likely N-dealkylation sites (tertiary alicyclic amines) is 1. The van der Waals surface area contributed by atoms with Crippen molar-refractivity contribution in [3.05, 3.63) is 34.3 Å². The summed E-state index contributed by atoms with van der Waals surface area (Å²) in [6.45, 7) is 6.08. The number of halogens is 1. The van der Waals surface area contributed by atoms with Gasteiger partial charge in [0.25, 0.3) is 0 Å². The molecule has 116 valence electrons. The molecule has 0 radical (unpaired) electrons.